The van der Waals surface area contributed by atoms with Crippen molar-refractivity contribution in [3.05, 3.63) is 35.4 Å². The van der Waals surface area contributed by atoms with Crippen LogP contribution in [0.3, 0.4) is 0 Å². The monoisotopic (exact) mass is 293 g/mol. The highest BCUT2D eigenvalue weighted by Crippen LogP contribution is 2.35. The number of rotatable bonds is 3. The van der Waals surface area contributed by atoms with Crippen LogP contribution in [0.5, 0.6) is 0 Å². The summed E-state index contributed by atoms with van der Waals surface area (Å²) >= 11 is 1.55. The lowest BCUT2D eigenvalue weighted by Gasteiger charge is -2.30. The van der Waals surface area contributed by atoms with Crippen LogP contribution in [0.25, 0.3) is 0 Å². The van der Waals surface area contributed by atoms with Gasteiger partial charge in [-0.3, -0.25) is 4.79 Å². The zero-order chi connectivity index (χ0) is 14.9. The smallest absolute Gasteiger partial charge is 0.327 e. The van der Waals surface area contributed by atoms with Crippen LogP contribution in [0.1, 0.15) is 29.8 Å². The fourth-order valence-corrected chi connectivity index (χ4v) is 3.91. The third-order valence-electron chi connectivity index (χ3n) is 3.50. The van der Waals surface area contributed by atoms with Gasteiger partial charge in [-0.1, -0.05) is 32.0 Å². The van der Waals surface area contributed by atoms with Crippen molar-refractivity contribution < 1.29 is 14.7 Å². The van der Waals surface area contributed by atoms with E-state index in [4.69, 9.17) is 0 Å². The van der Waals surface area contributed by atoms with Crippen molar-refractivity contribution in [3.8, 4) is 0 Å². The number of carbonyl (C=O) groups excluding carboxylic acids is 1. The van der Waals surface area contributed by atoms with Crippen molar-refractivity contribution >= 4 is 23.6 Å². The molecule has 0 aliphatic carbocycles. The summed E-state index contributed by atoms with van der Waals surface area (Å²) in [5, 5.41) is 9.26. The van der Waals surface area contributed by atoms with Crippen molar-refractivity contribution in [1.29, 1.82) is 0 Å². The number of carboxylic acid groups (broad SMARTS) is 1. The Morgan fingerprint density at radius 3 is 2.55 bits per heavy atom. The van der Waals surface area contributed by atoms with Crippen molar-refractivity contribution in [1.82, 2.24) is 4.90 Å². The Labute approximate surface area is 123 Å². The van der Waals surface area contributed by atoms with Gasteiger partial charge in [-0.2, -0.15) is 0 Å². The number of carboxylic acids is 1. The van der Waals surface area contributed by atoms with Crippen molar-refractivity contribution in [2.75, 3.05) is 5.75 Å². The molecule has 108 valence electrons. The molecule has 2 unspecified atom stereocenters. The summed E-state index contributed by atoms with van der Waals surface area (Å²) in [6.45, 7) is 5.90. The molecule has 1 heterocycles. The number of benzene rings is 1. The van der Waals surface area contributed by atoms with E-state index in [1.165, 1.54) is 0 Å². The van der Waals surface area contributed by atoms with E-state index in [-0.39, 0.29) is 17.2 Å². The fraction of sp³-hybridized carbons (Fsp3) is 0.467. The van der Waals surface area contributed by atoms with E-state index < -0.39 is 12.0 Å². The summed E-state index contributed by atoms with van der Waals surface area (Å²) < 4.78 is 0. The molecule has 1 N–H and O–H groups in total. The molecule has 0 bridgehead atoms. The van der Waals surface area contributed by atoms with Crippen LogP contribution in [0, 0.1) is 12.8 Å². The number of nitrogens with zero attached hydrogens (tertiary/aromatic N) is 1. The first kappa shape index (κ1) is 14.9. The lowest BCUT2D eigenvalue weighted by atomic mass is 10.1. The summed E-state index contributed by atoms with van der Waals surface area (Å²) in [4.78, 5) is 25.7. The molecule has 4 nitrogen and oxygen atoms in total. The quantitative estimate of drug-likeness (QED) is 0.930. The molecular weight excluding hydrogens is 274 g/mol. The van der Waals surface area contributed by atoms with Crippen LogP contribution in [-0.4, -0.2) is 39.1 Å². The number of hydrogen-bond acceptors (Lipinski definition) is 3. The molecule has 1 fully saturated rings. The topological polar surface area (TPSA) is 57.6 Å². The fourth-order valence-electron chi connectivity index (χ4n) is 2.44. The van der Waals surface area contributed by atoms with Gasteiger partial charge in [-0.25, -0.2) is 4.79 Å². The van der Waals surface area contributed by atoms with Crippen LogP contribution in [-0.2, 0) is 4.79 Å². The Morgan fingerprint density at radius 1 is 1.35 bits per heavy atom. The van der Waals surface area contributed by atoms with Crippen LogP contribution >= 0.6 is 11.8 Å². The predicted molar refractivity (Wildman–Crippen MR) is 79.9 cm³/mol. The minimum Gasteiger partial charge on any atom is -0.480 e. The van der Waals surface area contributed by atoms with Crippen LogP contribution in [0.4, 0.5) is 0 Å². The van der Waals surface area contributed by atoms with Crippen molar-refractivity contribution in [3.63, 3.8) is 0 Å². The molecule has 1 aliphatic rings. The first-order valence-electron chi connectivity index (χ1n) is 6.66. The van der Waals surface area contributed by atoms with E-state index in [9.17, 15) is 14.7 Å². The molecule has 2 rings (SSSR count). The number of carbonyl (C=O) groups is 2. The molecule has 1 aromatic carbocycles. The molecule has 0 spiro atoms. The number of thioether (sulfide) groups is 1. The maximum atomic E-state index is 12.7. The highest BCUT2D eigenvalue weighted by atomic mass is 32.2. The Balaban J connectivity index is 2.37. The van der Waals surface area contributed by atoms with Gasteiger partial charge in [0.25, 0.3) is 5.91 Å². The van der Waals surface area contributed by atoms with E-state index in [1.807, 2.05) is 39.0 Å². The average molecular weight is 293 g/mol. The molecule has 0 saturated carbocycles. The second-order valence-corrected chi connectivity index (χ2v) is 6.50. The van der Waals surface area contributed by atoms with E-state index in [0.717, 1.165) is 5.56 Å². The molecule has 5 heteroatoms. The third-order valence-corrected chi connectivity index (χ3v) is 5.12. The molecular formula is C15H19NO3S. The summed E-state index contributed by atoms with van der Waals surface area (Å²) in [5.41, 5.74) is 1.47. The number of hydrogen-bond donors (Lipinski definition) is 1. The van der Waals surface area contributed by atoms with Gasteiger partial charge in [0.2, 0.25) is 0 Å². The first-order valence-corrected chi connectivity index (χ1v) is 7.71. The SMILES string of the molecule is Cc1ccccc1C(=O)N1C(C(=O)O)CSC1C(C)C. The van der Waals surface area contributed by atoms with Crippen LogP contribution < -0.4 is 0 Å². The number of amides is 1. The summed E-state index contributed by atoms with van der Waals surface area (Å²) in [6, 6.07) is 6.58. The van der Waals surface area contributed by atoms with E-state index in [2.05, 4.69) is 0 Å². The van der Waals surface area contributed by atoms with Gasteiger partial charge >= 0.3 is 5.97 Å². The van der Waals surface area contributed by atoms with Gasteiger partial charge in [0, 0.05) is 11.3 Å². The molecule has 20 heavy (non-hydrogen) atoms. The summed E-state index contributed by atoms with van der Waals surface area (Å²) in [5.74, 6) is -0.436. The van der Waals surface area contributed by atoms with E-state index in [1.54, 1.807) is 22.7 Å². The first-order chi connectivity index (χ1) is 9.43. The Hall–Kier alpha value is -1.49. The molecule has 0 aromatic heterocycles. The molecule has 1 amide bonds. The zero-order valence-corrected chi connectivity index (χ0v) is 12.7. The van der Waals surface area contributed by atoms with Crippen molar-refractivity contribution in [2.24, 2.45) is 5.92 Å². The molecule has 1 aliphatic heterocycles. The predicted octanol–water partition coefficient (Wildman–Crippen LogP) is 2.62. The summed E-state index contributed by atoms with van der Waals surface area (Å²) in [6.07, 6.45) is 0. The highest BCUT2D eigenvalue weighted by molar-refractivity contribution is 8.00. The number of aliphatic carboxylic acids is 1. The largest absolute Gasteiger partial charge is 0.480 e. The minimum atomic E-state index is -0.928. The zero-order valence-electron chi connectivity index (χ0n) is 11.9. The molecule has 0 radical (unpaired) electrons. The average Bonchev–Trinajstić information content (AvgIpc) is 2.83. The Morgan fingerprint density at radius 2 is 2.00 bits per heavy atom. The van der Waals surface area contributed by atoms with Gasteiger partial charge in [-0.05, 0) is 24.5 Å². The Kier molecular flexibility index (Phi) is 4.38. The maximum Gasteiger partial charge on any atom is 0.327 e. The molecule has 2 atom stereocenters. The maximum absolute atomic E-state index is 12.7. The van der Waals surface area contributed by atoms with Crippen LogP contribution in [0.15, 0.2) is 24.3 Å². The van der Waals surface area contributed by atoms with Crippen LogP contribution in [0.2, 0.25) is 0 Å². The summed E-state index contributed by atoms with van der Waals surface area (Å²) in [7, 11) is 0. The lowest BCUT2D eigenvalue weighted by molar-refractivity contribution is -0.141. The second kappa shape index (κ2) is 5.87. The normalized spacial score (nSPS) is 22.3. The third kappa shape index (κ3) is 2.68. The second-order valence-electron chi connectivity index (χ2n) is 5.35. The Bertz CT molecular complexity index is 530. The van der Waals surface area contributed by atoms with E-state index >= 15 is 0 Å². The minimum absolute atomic E-state index is 0.0804. The lowest BCUT2D eigenvalue weighted by Crippen LogP contribution is -2.47. The standard InChI is InChI=1S/C15H19NO3S/c1-9(2)14-16(12(8-20-14)15(18)19)13(17)11-7-5-4-6-10(11)3/h4-7,9,12,14H,8H2,1-3H3,(H,18,19). The van der Waals surface area contributed by atoms with Gasteiger partial charge in [0.15, 0.2) is 0 Å². The van der Waals surface area contributed by atoms with Gasteiger partial charge in [0.1, 0.15) is 6.04 Å². The van der Waals surface area contributed by atoms with Crippen molar-refractivity contribution in [2.45, 2.75) is 32.2 Å². The molecule has 1 saturated heterocycles. The van der Waals surface area contributed by atoms with Gasteiger partial charge < -0.3 is 10.0 Å². The van der Waals surface area contributed by atoms with Gasteiger partial charge in [-0.15, -0.1) is 11.8 Å². The highest BCUT2D eigenvalue weighted by Gasteiger charge is 2.43. The number of aryl methyl sites for hydroxylation is 1. The molecule has 1 aromatic rings. The van der Waals surface area contributed by atoms with Gasteiger partial charge in [0.05, 0.1) is 5.37 Å². The van der Waals surface area contributed by atoms with E-state index in [0.29, 0.717) is 11.3 Å².